The van der Waals surface area contributed by atoms with Crippen LogP contribution in [-0.4, -0.2) is 74.4 Å². The number of benzene rings is 2. The molecule has 4 aliphatic carbocycles. The van der Waals surface area contributed by atoms with Gasteiger partial charge in [-0.25, -0.2) is 0 Å². The van der Waals surface area contributed by atoms with Gasteiger partial charge >= 0.3 is 0 Å². The minimum atomic E-state index is -2.72. The first-order valence-electron chi connectivity index (χ1n) is 15.9. The average Bonchev–Trinajstić information content (AvgIpc) is 3.84. The van der Waals surface area contributed by atoms with Crippen molar-refractivity contribution in [3.8, 4) is 16.9 Å². The molecule has 11 nitrogen and oxygen atoms in total. The van der Waals surface area contributed by atoms with Crippen molar-refractivity contribution in [2.24, 2.45) is 23.5 Å². The SMILES string of the molecule is CN(C)[C@@H]1C(O)=C(C(N)=O)C(=O)[C@@]2(O)C(O)=C3C(=O)c4c(O)c(CNC(=O)C5CC5)cc(-c5ccc(C(C)(C)C)cc5)c4C[C@H]3C[C@@H]12. The van der Waals surface area contributed by atoms with E-state index in [9.17, 15) is 39.6 Å². The molecule has 47 heavy (non-hydrogen) atoms. The van der Waals surface area contributed by atoms with E-state index in [2.05, 4.69) is 26.1 Å². The third-order valence-corrected chi connectivity index (χ3v) is 10.3. The number of aliphatic hydroxyl groups is 3. The van der Waals surface area contributed by atoms with E-state index in [1.165, 1.54) is 4.90 Å². The average molecular weight is 644 g/mol. The molecule has 0 bridgehead atoms. The Balaban J connectivity index is 1.53. The zero-order valence-electron chi connectivity index (χ0n) is 27.2. The number of carbonyl (C=O) groups is 4. The number of carbonyl (C=O) groups excluding carboxylic acids is 4. The van der Waals surface area contributed by atoms with Crippen molar-refractivity contribution in [2.45, 2.75) is 70.1 Å². The molecule has 0 radical (unpaired) electrons. The molecule has 0 spiro atoms. The molecule has 0 saturated heterocycles. The van der Waals surface area contributed by atoms with Crippen molar-refractivity contribution >= 4 is 23.4 Å². The lowest BCUT2D eigenvalue weighted by Crippen LogP contribution is -2.63. The van der Waals surface area contributed by atoms with Gasteiger partial charge in [-0.1, -0.05) is 45.0 Å². The van der Waals surface area contributed by atoms with E-state index in [4.69, 9.17) is 5.73 Å². The van der Waals surface area contributed by atoms with Crippen LogP contribution in [0.3, 0.4) is 0 Å². The van der Waals surface area contributed by atoms with E-state index < -0.39 is 58.0 Å². The number of fused-ring (bicyclic) bond motifs is 3. The van der Waals surface area contributed by atoms with E-state index >= 15 is 0 Å². The highest BCUT2D eigenvalue weighted by Crippen LogP contribution is 2.53. The fraction of sp³-hybridized carbons (Fsp3) is 0.444. The summed E-state index contributed by atoms with van der Waals surface area (Å²) < 4.78 is 0. The Morgan fingerprint density at radius 3 is 2.26 bits per heavy atom. The Morgan fingerprint density at radius 1 is 1.06 bits per heavy atom. The Kier molecular flexibility index (Phi) is 7.64. The third kappa shape index (κ3) is 5.03. The standard InChI is InChI=1S/C36H41N3O8/c1-35(2,3)20-10-8-16(9-11-20)21-13-19(15-38-34(46)17-6-7-17)28(40)25-22(21)12-18-14-23-27(39(4)5)30(42)26(33(37)45)32(44)36(23,47)31(43)24(18)29(25)41/h8-11,13,17-18,23,27,40,42-43,47H,6-7,12,14-15H2,1-5H3,(H2,37,45)(H,38,46)/t18-,23-,27-,36-/m0/s1. The van der Waals surface area contributed by atoms with Crippen molar-refractivity contribution in [3.05, 3.63) is 75.3 Å². The summed E-state index contributed by atoms with van der Waals surface area (Å²) in [6.07, 6.45) is 1.74. The molecule has 2 amide bonds. The second-order valence-electron chi connectivity index (χ2n) is 14.6. The second kappa shape index (κ2) is 11.1. The molecule has 0 aliphatic heterocycles. The van der Waals surface area contributed by atoms with Gasteiger partial charge in [-0.2, -0.15) is 0 Å². The number of hydrogen-bond acceptors (Lipinski definition) is 9. The maximum atomic E-state index is 14.4. The van der Waals surface area contributed by atoms with Gasteiger partial charge < -0.3 is 31.5 Å². The van der Waals surface area contributed by atoms with Crippen LogP contribution in [0.15, 0.2) is 53.0 Å². The Hall–Kier alpha value is -4.48. The summed E-state index contributed by atoms with van der Waals surface area (Å²) in [6, 6.07) is 8.61. The lowest BCUT2D eigenvalue weighted by Gasteiger charge is -2.50. The number of nitrogens with one attached hydrogen (secondary N) is 1. The zero-order chi connectivity index (χ0) is 34.3. The molecule has 2 aromatic rings. The van der Waals surface area contributed by atoms with Crippen molar-refractivity contribution in [3.63, 3.8) is 0 Å². The highest BCUT2D eigenvalue weighted by atomic mass is 16.3. The van der Waals surface area contributed by atoms with Crippen molar-refractivity contribution in [1.29, 1.82) is 0 Å². The van der Waals surface area contributed by atoms with Crippen LogP contribution in [0.25, 0.3) is 11.1 Å². The van der Waals surface area contributed by atoms with Gasteiger partial charge in [0.2, 0.25) is 11.7 Å². The monoisotopic (exact) mass is 643 g/mol. The van der Waals surface area contributed by atoms with E-state index in [0.29, 0.717) is 16.7 Å². The molecule has 248 valence electrons. The third-order valence-electron chi connectivity index (χ3n) is 10.3. The van der Waals surface area contributed by atoms with Gasteiger partial charge in [0.1, 0.15) is 22.8 Å². The largest absolute Gasteiger partial charge is 0.510 e. The number of phenolic OH excluding ortho intramolecular Hbond substituents is 1. The van der Waals surface area contributed by atoms with Crippen LogP contribution in [0.4, 0.5) is 0 Å². The number of nitrogens with zero attached hydrogens (tertiary/aromatic N) is 1. The molecule has 1 fully saturated rings. The maximum Gasteiger partial charge on any atom is 0.255 e. The number of phenols is 1. The molecule has 4 aliphatic rings. The van der Waals surface area contributed by atoms with Crippen molar-refractivity contribution in [1.82, 2.24) is 10.2 Å². The number of hydrogen-bond donors (Lipinski definition) is 6. The number of Topliss-reactive ketones (excluding diaryl/α,β-unsaturated/α-hetero) is 2. The lowest BCUT2D eigenvalue weighted by molar-refractivity contribution is -0.148. The Morgan fingerprint density at radius 2 is 1.70 bits per heavy atom. The van der Waals surface area contributed by atoms with Crippen LogP contribution in [0.2, 0.25) is 0 Å². The first-order valence-corrected chi connectivity index (χ1v) is 15.9. The minimum absolute atomic E-state index is 0.00583. The van der Waals surface area contributed by atoms with Crippen LogP contribution < -0.4 is 11.1 Å². The Bertz CT molecular complexity index is 1800. The molecule has 0 unspecified atom stereocenters. The van der Waals surface area contributed by atoms with E-state index in [0.717, 1.165) is 24.0 Å². The number of aliphatic hydroxyl groups excluding tert-OH is 2. The lowest BCUT2D eigenvalue weighted by atomic mass is 9.58. The van der Waals surface area contributed by atoms with E-state index in [-0.39, 0.29) is 53.5 Å². The fourth-order valence-electron chi connectivity index (χ4n) is 7.59. The van der Waals surface area contributed by atoms with Gasteiger partial charge in [0.25, 0.3) is 5.91 Å². The van der Waals surface area contributed by atoms with Crippen molar-refractivity contribution < 1.29 is 39.6 Å². The summed E-state index contributed by atoms with van der Waals surface area (Å²) >= 11 is 0. The fourth-order valence-corrected chi connectivity index (χ4v) is 7.59. The molecule has 0 heterocycles. The van der Waals surface area contributed by atoms with E-state index in [1.807, 2.05) is 24.3 Å². The molecule has 4 atom stereocenters. The first kappa shape index (κ1) is 32.5. The summed E-state index contributed by atoms with van der Waals surface area (Å²) in [5, 5.41) is 49.1. The summed E-state index contributed by atoms with van der Waals surface area (Å²) in [7, 11) is 3.18. The smallest absolute Gasteiger partial charge is 0.255 e. The van der Waals surface area contributed by atoms with Gasteiger partial charge in [-0.3, -0.25) is 24.1 Å². The predicted molar refractivity (Wildman–Crippen MR) is 172 cm³/mol. The van der Waals surface area contributed by atoms with Gasteiger partial charge in [-0.05, 0) is 79.4 Å². The number of ketones is 2. The minimum Gasteiger partial charge on any atom is -0.510 e. The first-order chi connectivity index (χ1) is 22.0. The number of rotatable bonds is 6. The van der Waals surface area contributed by atoms with Crippen LogP contribution >= 0.6 is 0 Å². The predicted octanol–water partition coefficient (Wildman–Crippen LogP) is 3.11. The van der Waals surface area contributed by atoms with Gasteiger partial charge in [0.05, 0.1) is 11.6 Å². The molecule has 7 N–H and O–H groups in total. The molecule has 0 aromatic heterocycles. The van der Waals surface area contributed by atoms with Gasteiger partial charge in [0.15, 0.2) is 11.4 Å². The molecular formula is C36H41N3O8. The van der Waals surface area contributed by atoms with E-state index in [1.54, 1.807) is 20.2 Å². The van der Waals surface area contributed by atoms with Crippen LogP contribution in [-0.2, 0) is 32.8 Å². The highest BCUT2D eigenvalue weighted by Gasteiger charge is 2.63. The topological polar surface area (TPSA) is 190 Å². The molecular weight excluding hydrogens is 602 g/mol. The number of amides is 2. The summed E-state index contributed by atoms with van der Waals surface area (Å²) in [5.74, 6) is -7.25. The summed E-state index contributed by atoms with van der Waals surface area (Å²) in [6.45, 7) is 6.27. The second-order valence-corrected chi connectivity index (χ2v) is 14.6. The quantitative estimate of drug-likeness (QED) is 0.257. The molecule has 11 heteroatoms. The molecule has 1 saturated carbocycles. The van der Waals surface area contributed by atoms with Crippen molar-refractivity contribution in [2.75, 3.05) is 14.1 Å². The van der Waals surface area contributed by atoms with Crippen LogP contribution in [0.5, 0.6) is 5.75 Å². The molecule has 2 aromatic carbocycles. The number of allylic oxidation sites excluding steroid dienone is 1. The summed E-state index contributed by atoms with van der Waals surface area (Å²) in [4.78, 5) is 54.4. The van der Waals surface area contributed by atoms with Crippen LogP contribution in [0, 0.1) is 17.8 Å². The number of likely N-dealkylation sites (N-methyl/N-ethyl adjacent to an activating group) is 1. The normalized spacial score (nSPS) is 25.8. The number of aromatic hydroxyl groups is 1. The summed E-state index contributed by atoms with van der Waals surface area (Å²) in [5.41, 5.74) is 4.84. The zero-order valence-corrected chi connectivity index (χ0v) is 27.2. The maximum absolute atomic E-state index is 14.4. The molecule has 6 rings (SSSR count). The number of nitrogens with two attached hydrogens (primary N) is 1. The van der Waals surface area contributed by atoms with Gasteiger partial charge in [0, 0.05) is 29.5 Å². The number of primary amides is 1. The Labute approximate surface area is 272 Å². The van der Waals surface area contributed by atoms with Gasteiger partial charge in [-0.15, -0.1) is 0 Å². The van der Waals surface area contributed by atoms with Crippen LogP contribution in [0.1, 0.15) is 67.1 Å². The highest BCUT2D eigenvalue weighted by molar-refractivity contribution is 6.25.